The fourth-order valence-corrected chi connectivity index (χ4v) is 2.66. The van der Waals surface area contributed by atoms with E-state index in [2.05, 4.69) is 6.07 Å². The topological polar surface area (TPSA) is 50.1 Å². The van der Waals surface area contributed by atoms with Gasteiger partial charge in [-0.15, -0.1) is 0 Å². The predicted octanol–water partition coefficient (Wildman–Crippen LogP) is 5.01. The molecule has 0 bridgehead atoms. The van der Waals surface area contributed by atoms with E-state index in [1.807, 2.05) is 60.7 Å². The molecule has 3 heteroatoms. The summed E-state index contributed by atoms with van der Waals surface area (Å²) in [5.74, 6) is 0.577. The summed E-state index contributed by atoms with van der Waals surface area (Å²) in [6.07, 6.45) is 0. The molecule has 0 N–H and O–H groups in total. The van der Waals surface area contributed by atoms with Gasteiger partial charge in [-0.3, -0.25) is 4.79 Å². The van der Waals surface area contributed by atoms with Crippen molar-refractivity contribution in [3.63, 3.8) is 0 Å². The summed E-state index contributed by atoms with van der Waals surface area (Å²) in [4.78, 5) is 11.6. The van der Waals surface area contributed by atoms with E-state index in [4.69, 9.17) is 4.74 Å². The van der Waals surface area contributed by atoms with Gasteiger partial charge < -0.3 is 4.74 Å². The van der Waals surface area contributed by atoms with Crippen LogP contribution in [0.5, 0.6) is 5.75 Å². The highest BCUT2D eigenvalue weighted by atomic mass is 16.5. The fourth-order valence-electron chi connectivity index (χ4n) is 2.66. The minimum absolute atomic E-state index is 0.0148. The van der Waals surface area contributed by atoms with Crippen LogP contribution in [0.3, 0.4) is 0 Å². The summed E-state index contributed by atoms with van der Waals surface area (Å²) in [5, 5.41) is 9.22. The van der Waals surface area contributed by atoms with E-state index >= 15 is 0 Å². The molecule has 0 unspecified atom stereocenters. The molecule has 0 spiro atoms. The number of para-hydroxylation sites is 1. The third kappa shape index (κ3) is 3.76. The highest BCUT2D eigenvalue weighted by Gasteiger charge is 2.08. The van der Waals surface area contributed by atoms with Crippen LogP contribution in [-0.2, 0) is 6.61 Å². The number of nitrogens with zero attached hydrogens (tertiary/aromatic N) is 1. The van der Waals surface area contributed by atoms with Crippen LogP contribution in [0.4, 0.5) is 0 Å². The van der Waals surface area contributed by atoms with Crippen molar-refractivity contribution in [3.8, 4) is 22.9 Å². The number of nitriles is 1. The average Bonchev–Trinajstić information content (AvgIpc) is 2.67. The number of benzene rings is 3. The molecule has 0 aromatic heterocycles. The maximum Gasteiger partial charge on any atom is 0.163 e. The van der Waals surface area contributed by atoms with Gasteiger partial charge in [-0.1, -0.05) is 54.6 Å². The molecule has 0 aliphatic heterocycles. The molecule has 25 heavy (non-hydrogen) atoms. The summed E-state index contributed by atoms with van der Waals surface area (Å²) in [5.41, 5.74) is 4.14. The maximum absolute atomic E-state index is 11.6. The molecule has 3 aromatic rings. The number of Topliss-reactive ketones (excluding diaryl/α,β-unsaturated/α-hetero) is 1. The Morgan fingerprint density at radius 1 is 0.960 bits per heavy atom. The summed E-state index contributed by atoms with van der Waals surface area (Å²) >= 11 is 0. The molecule has 0 saturated carbocycles. The normalized spacial score (nSPS) is 10.1. The van der Waals surface area contributed by atoms with Gasteiger partial charge in [0.05, 0.1) is 17.2 Å². The van der Waals surface area contributed by atoms with E-state index in [9.17, 15) is 10.1 Å². The van der Waals surface area contributed by atoms with Gasteiger partial charge in [0.15, 0.2) is 5.78 Å². The highest BCUT2D eigenvalue weighted by Crippen LogP contribution is 2.24. The van der Waals surface area contributed by atoms with Crippen LogP contribution >= 0.6 is 0 Å². The van der Waals surface area contributed by atoms with Crippen molar-refractivity contribution in [3.05, 3.63) is 89.5 Å². The van der Waals surface area contributed by atoms with Gasteiger partial charge in [-0.25, -0.2) is 0 Å². The summed E-state index contributed by atoms with van der Waals surface area (Å²) in [7, 11) is 0. The van der Waals surface area contributed by atoms with E-state index in [1.165, 1.54) is 6.92 Å². The molecule has 0 saturated heterocycles. The molecular weight excluding hydrogens is 310 g/mol. The van der Waals surface area contributed by atoms with Gasteiger partial charge >= 0.3 is 0 Å². The van der Waals surface area contributed by atoms with E-state index in [0.29, 0.717) is 23.5 Å². The van der Waals surface area contributed by atoms with Gasteiger partial charge in [0.2, 0.25) is 0 Å². The minimum Gasteiger partial charge on any atom is -0.488 e. The molecule has 3 nitrogen and oxygen atoms in total. The summed E-state index contributed by atoms with van der Waals surface area (Å²) in [6.45, 7) is 1.91. The van der Waals surface area contributed by atoms with Crippen molar-refractivity contribution in [1.29, 1.82) is 5.26 Å². The van der Waals surface area contributed by atoms with E-state index in [0.717, 1.165) is 16.7 Å². The smallest absolute Gasteiger partial charge is 0.163 e. The van der Waals surface area contributed by atoms with Gasteiger partial charge in [0, 0.05) is 0 Å². The first kappa shape index (κ1) is 16.5. The number of carbonyl (C=O) groups is 1. The molecule has 0 fully saturated rings. The first-order valence-electron chi connectivity index (χ1n) is 8.00. The van der Waals surface area contributed by atoms with Crippen LogP contribution < -0.4 is 4.74 Å². The summed E-state index contributed by atoms with van der Waals surface area (Å²) in [6, 6.07) is 24.9. The molecule has 0 aliphatic rings. The van der Waals surface area contributed by atoms with Crippen molar-refractivity contribution in [2.24, 2.45) is 0 Å². The second kappa shape index (κ2) is 7.46. The average molecular weight is 327 g/mol. The van der Waals surface area contributed by atoms with Gasteiger partial charge in [-0.2, -0.15) is 5.26 Å². The first-order valence-corrected chi connectivity index (χ1v) is 8.00. The first-order chi connectivity index (χ1) is 12.2. The van der Waals surface area contributed by atoms with Crippen LogP contribution in [0.25, 0.3) is 11.1 Å². The van der Waals surface area contributed by atoms with Crippen molar-refractivity contribution in [2.45, 2.75) is 13.5 Å². The van der Waals surface area contributed by atoms with Gasteiger partial charge in [0.1, 0.15) is 12.4 Å². The van der Waals surface area contributed by atoms with E-state index in [-0.39, 0.29) is 5.78 Å². The van der Waals surface area contributed by atoms with Crippen LogP contribution in [-0.4, -0.2) is 5.78 Å². The Bertz CT molecular complexity index is 937. The number of hydrogen-bond donors (Lipinski definition) is 0. The highest BCUT2D eigenvalue weighted by molar-refractivity contribution is 5.96. The SMILES string of the molecule is CC(=O)c1ccccc1OCc1ccc(-c2ccccc2C#N)cc1. The van der Waals surface area contributed by atoms with Gasteiger partial charge in [0.25, 0.3) is 0 Å². The molecule has 3 rings (SSSR count). The van der Waals surface area contributed by atoms with Crippen LogP contribution in [0, 0.1) is 11.3 Å². The zero-order valence-corrected chi connectivity index (χ0v) is 13.9. The largest absolute Gasteiger partial charge is 0.488 e. The van der Waals surface area contributed by atoms with E-state index in [1.54, 1.807) is 12.1 Å². The van der Waals surface area contributed by atoms with Crippen LogP contribution in [0.2, 0.25) is 0 Å². The second-order valence-corrected chi connectivity index (χ2v) is 5.70. The number of ketones is 1. The molecule has 0 radical (unpaired) electrons. The molecule has 3 aromatic carbocycles. The fraction of sp³-hybridized carbons (Fsp3) is 0.0909. The Labute approximate surface area is 147 Å². The molecule has 0 amide bonds. The quantitative estimate of drug-likeness (QED) is 0.619. The Morgan fingerprint density at radius 3 is 2.36 bits per heavy atom. The number of rotatable bonds is 5. The van der Waals surface area contributed by atoms with E-state index < -0.39 is 0 Å². The second-order valence-electron chi connectivity index (χ2n) is 5.70. The zero-order chi connectivity index (χ0) is 17.6. The lowest BCUT2D eigenvalue weighted by Gasteiger charge is -2.10. The molecule has 0 atom stereocenters. The Hall–Kier alpha value is -3.38. The number of ether oxygens (including phenoxy) is 1. The molecule has 122 valence electrons. The van der Waals surface area contributed by atoms with Crippen LogP contribution in [0.1, 0.15) is 28.4 Å². The Balaban J connectivity index is 1.76. The molecule has 0 heterocycles. The van der Waals surface area contributed by atoms with Crippen molar-refractivity contribution in [1.82, 2.24) is 0 Å². The lowest BCUT2D eigenvalue weighted by Crippen LogP contribution is -2.01. The Kier molecular flexibility index (Phi) is 4.92. The summed E-state index contributed by atoms with van der Waals surface area (Å²) < 4.78 is 5.80. The Morgan fingerprint density at radius 2 is 1.64 bits per heavy atom. The van der Waals surface area contributed by atoms with Crippen molar-refractivity contribution in [2.75, 3.05) is 0 Å². The zero-order valence-electron chi connectivity index (χ0n) is 13.9. The number of hydrogen-bond acceptors (Lipinski definition) is 3. The monoisotopic (exact) mass is 327 g/mol. The third-order valence-corrected chi connectivity index (χ3v) is 3.97. The number of carbonyl (C=O) groups excluding carboxylic acids is 1. The molecule has 0 aliphatic carbocycles. The van der Waals surface area contributed by atoms with Crippen LogP contribution in [0.15, 0.2) is 72.8 Å². The molecular formula is C22H17NO2. The standard InChI is InChI=1S/C22H17NO2/c1-16(24)20-7-4-5-9-22(20)25-15-17-10-12-18(13-11-17)21-8-3-2-6-19(21)14-23/h2-13H,15H2,1H3. The maximum atomic E-state index is 11.6. The lowest BCUT2D eigenvalue weighted by atomic mass is 9.99. The van der Waals surface area contributed by atoms with Gasteiger partial charge in [-0.05, 0) is 41.8 Å². The minimum atomic E-state index is -0.0148. The predicted molar refractivity (Wildman–Crippen MR) is 97.4 cm³/mol. The van der Waals surface area contributed by atoms with Crippen molar-refractivity contribution < 1.29 is 9.53 Å². The van der Waals surface area contributed by atoms with Crippen molar-refractivity contribution >= 4 is 5.78 Å². The lowest BCUT2D eigenvalue weighted by molar-refractivity contribution is 0.101. The third-order valence-electron chi connectivity index (χ3n) is 3.97.